The van der Waals surface area contributed by atoms with E-state index in [-0.39, 0.29) is 18.4 Å². The highest BCUT2D eigenvalue weighted by Gasteiger charge is 2.12. The van der Waals surface area contributed by atoms with Crippen molar-refractivity contribution in [3.8, 4) is 11.5 Å². The van der Waals surface area contributed by atoms with Crippen LogP contribution in [0.5, 0.6) is 11.5 Å². The van der Waals surface area contributed by atoms with Gasteiger partial charge in [0.1, 0.15) is 0 Å². The topological polar surface area (TPSA) is 118 Å². The van der Waals surface area contributed by atoms with E-state index >= 15 is 0 Å². The number of nitrogens with one attached hydrogen (secondary N) is 3. The SMILES string of the molecule is CCOc1cc(/C=N\NC(=O)C(=O)NCC(C)C)ccc1OCC(=O)Nc1ccccc1. The fourth-order valence-electron chi connectivity index (χ4n) is 2.45. The van der Waals surface area contributed by atoms with E-state index in [1.54, 1.807) is 30.3 Å². The summed E-state index contributed by atoms with van der Waals surface area (Å²) in [6.45, 7) is 6.27. The van der Waals surface area contributed by atoms with Gasteiger partial charge in [0.25, 0.3) is 5.91 Å². The number of hydrogen-bond acceptors (Lipinski definition) is 6. The maximum Gasteiger partial charge on any atom is 0.329 e. The van der Waals surface area contributed by atoms with Crippen molar-refractivity contribution in [1.29, 1.82) is 0 Å². The molecule has 2 aromatic carbocycles. The third-order valence-corrected chi connectivity index (χ3v) is 3.94. The predicted octanol–water partition coefficient (Wildman–Crippen LogP) is 2.33. The Morgan fingerprint density at radius 2 is 1.75 bits per heavy atom. The zero-order valence-electron chi connectivity index (χ0n) is 18.4. The second-order valence-corrected chi connectivity index (χ2v) is 7.15. The highest BCUT2D eigenvalue weighted by Crippen LogP contribution is 2.28. The number of carbonyl (C=O) groups is 3. The molecule has 2 rings (SSSR count). The Bertz CT molecular complexity index is 945. The maximum absolute atomic E-state index is 12.1. The van der Waals surface area contributed by atoms with Crippen LogP contribution in [-0.2, 0) is 14.4 Å². The molecule has 0 saturated heterocycles. The summed E-state index contributed by atoms with van der Waals surface area (Å²) < 4.78 is 11.2. The lowest BCUT2D eigenvalue weighted by Crippen LogP contribution is -2.39. The van der Waals surface area contributed by atoms with Crippen molar-refractivity contribution < 1.29 is 23.9 Å². The third-order valence-electron chi connectivity index (χ3n) is 3.94. The monoisotopic (exact) mass is 440 g/mol. The van der Waals surface area contributed by atoms with Crippen LogP contribution in [0.3, 0.4) is 0 Å². The number of carbonyl (C=O) groups excluding carboxylic acids is 3. The number of ether oxygens (including phenoxy) is 2. The fraction of sp³-hybridized carbons (Fsp3) is 0.304. The van der Waals surface area contributed by atoms with Crippen molar-refractivity contribution in [3.63, 3.8) is 0 Å². The molecule has 0 atom stereocenters. The van der Waals surface area contributed by atoms with Gasteiger partial charge in [-0.2, -0.15) is 5.10 Å². The Hall–Kier alpha value is -3.88. The van der Waals surface area contributed by atoms with Crippen molar-refractivity contribution in [2.75, 3.05) is 25.1 Å². The summed E-state index contributed by atoms with van der Waals surface area (Å²) in [6.07, 6.45) is 1.38. The minimum atomic E-state index is -0.851. The first-order valence-electron chi connectivity index (χ1n) is 10.2. The highest BCUT2D eigenvalue weighted by molar-refractivity contribution is 6.35. The van der Waals surface area contributed by atoms with Crippen molar-refractivity contribution in [2.45, 2.75) is 20.8 Å². The number of hydrogen-bond donors (Lipinski definition) is 3. The molecule has 0 aliphatic heterocycles. The number of para-hydroxylation sites is 1. The zero-order chi connectivity index (χ0) is 23.3. The number of anilines is 1. The lowest BCUT2D eigenvalue weighted by molar-refractivity contribution is -0.139. The first-order valence-corrected chi connectivity index (χ1v) is 10.2. The van der Waals surface area contributed by atoms with Gasteiger partial charge in [0.05, 0.1) is 12.8 Å². The Kier molecular flexibility index (Phi) is 9.70. The summed E-state index contributed by atoms with van der Waals surface area (Å²) in [4.78, 5) is 35.5. The molecule has 0 aliphatic carbocycles. The quantitative estimate of drug-likeness (QED) is 0.298. The molecule has 0 radical (unpaired) electrons. The van der Waals surface area contributed by atoms with Gasteiger partial charge in [0.15, 0.2) is 18.1 Å². The second kappa shape index (κ2) is 12.7. The molecule has 3 N–H and O–H groups in total. The molecule has 9 nitrogen and oxygen atoms in total. The third kappa shape index (κ3) is 8.47. The van der Waals surface area contributed by atoms with E-state index in [0.717, 1.165) is 0 Å². The predicted molar refractivity (Wildman–Crippen MR) is 122 cm³/mol. The van der Waals surface area contributed by atoms with Gasteiger partial charge in [-0.15, -0.1) is 0 Å². The van der Waals surface area contributed by atoms with Crippen LogP contribution in [0.25, 0.3) is 0 Å². The van der Waals surface area contributed by atoms with Crippen LogP contribution >= 0.6 is 0 Å². The van der Waals surface area contributed by atoms with Crippen molar-refractivity contribution in [2.24, 2.45) is 11.0 Å². The van der Waals surface area contributed by atoms with Crippen LogP contribution in [0, 0.1) is 5.92 Å². The van der Waals surface area contributed by atoms with E-state index < -0.39 is 11.8 Å². The van der Waals surface area contributed by atoms with Crippen LogP contribution in [0.1, 0.15) is 26.3 Å². The first-order chi connectivity index (χ1) is 15.4. The van der Waals surface area contributed by atoms with Crippen molar-refractivity contribution in [1.82, 2.24) is 10.7 Å². The molecule has 3 amide bonds. The van der Waals surface area contributed by atoms with Crippen LogP contribution < -0.4 is 25.5 Å². The molecule has 0 bridgehead atoms. The lowest BCUT2D eigenvalue weighted by atomic mass is 10.2. The Balaban J connectivity index is 1.93. The summed E-state index contributed by atoms with van der Waals surface area (Å²) >= 11 is 0. The van der Waals surface area contributed by atoms with Crippen LogP contribution in [0.2, 0.25) is 0 Å². The van der Waals surface area contributed by atoms with E-state index in [0.29, 0.717) is 35.9 Å². The number of nitrogens with zero attached hydrogens (tertiary/aromatic N) is 1. The summed E-state index contributed by atoms with van der Waals surface area (Å²) in [5.41, 5.74) is 3.46. The molecule has 2 aromatic rings. The Morgan fingerprint density at radius 1 is 1.00 bits per heavy atom. The van der Waals surface area contributed by atoms with Gasteiger partial charge in [0, 0.05) is 12.2 Å². The first kappa shape index (κ1) is 24.4. The molecule has 0 saturated carbocycles. The summed E-state index contributed by atoms with van der Waals surface area (Å²) in [6, 6.07) is 14.0. The number of rotatable bonds is 10. The van der Waals surface area contributed by atoms with Gasteiger partial charge in [-0.25, -0.2) is 5.43 Å². The minimum Gasteiger partial charge on any atom is -0.490 e. The highest BCUT2D eigenvalue weighted by atomic mass is 16.5. The van der Waals surface area contributed by atoms with Gasteiger partial charge in [-0.3, -0.25) is 14.4 Å². The summed E-state index contributed by atoms with van der Waals surface area (Å²) in [7, 11) is 0. The minimum absolute atomic E-state index is 0.191. The van der Waals surface area contributed by atoms with Crippen molar-refractivity contribution in [3.05, 3.63) is 54.1 Å². The molecular weight excluding hydrogens is 412 g/mol. The van der Waals surface area contributed by atoms with Gasteiger partial charge < -0.3 is 20.1 Å². The molecule has 0 spiro atoms. The number of benzene rings is 2. The van der Waals surface area contributed by atoms with E-state index in [1.165, 1.54) is 6.21 Å². The summed E-state index contributed by atoms with van der Waals surface area (Å²) in [5, 5.41) is 9.04. The molecule has 170 valence electrons. The van der Waals surface area contributed by atoms with Crippen LogP contribution in [0.15, 0.2) is 53.6 Å². The second-order valence-electron chi connectivity index (χ2n) is 7.15. The van der Waals surface area contributed by atoms with Crippen molar-refractivity contribution >= 4 is 29.6 Å². The summed E-state index contributed by atoms with van der Waals surface area (Å²) in [5.74, 6) is -0.853. The van der Waals surface area contributed by atoms with Crippen LogP contribution in [-0.4, -0.2) is 43.7 Å². The maximum atomic E-state index is 12.1. The van der Waals surface area contributed by atoms with Gasteiger partial charge in [-0.05, 0) is 48.7 Å². The zero-order valence-corrected chi connectivity index (χ0v) is 18.4. The molecule has 0 unspecified atom stereocenters. The van der Waals surface area contributed by atoms with Gasteiger partial charge >= 0.3 is 11.8 Å². The van der Waals surface area contributed by atoms with E-state index in [9.17, 15) is 14.4 Å². The van der Waals surface area contributed by atoms with Gasteiger partial charge in [-0.1, -0.05) is 32.0 Å². The smallest absolute Gasteiger partial charge is 0.329 e. The van der Waals surface area contributed by atoms with E-state index in [4.69, 9.17) is 9.47 Å². The number of hydrazone groups is 1. The van der Waals surface area contributed by atoms with Gasteiger partial charge in [0.2, 0.25) is 0 Å². The van der Waals surface area contributed by atoms with E-state index in [2.05, 4.69) is 21.2 Å². The lowest BCUT2D eigenvalue weighted by Gasteiger charge is -2.12. The molecule has 0 fully saturated rings. The Labute approximate surface area is 187 Å². The molecule has 9 heteroatoms. The standard InChI is InChI=1S/C23H28N4O5/c1-4-31-20-12-17(14-25-27-23(30)22(29)24-13-16(2)3)10-11-19(20)32-15-21(28)26-18-8-6-5-7-9-18/h5-12,14,16H,4,13,15H2,1-3H3,(H,24,29)(H,26,28)(H,27,30)/b25-14-. The number of amides is 3. The molecular formula is C23H28N4O5. The van der Waals surface area contributed by atoms with Crippen LogP contribution in [0.4, 0.5) is 5.69 Å². The molecule has 0 aliphatic rings. The molecule has 32 heavy (non-hydrogen) atoms. The molecule has 0 aromatic heterocycles. The average molecular weight is 441 g/mol. The molecule has 0 heterocycles. The average Bonchev–Trinajstić information content (AvgIpc) is 2.77. The van der Waals surface area contributed by atoms with E-state index in [1.807, 2.05) is 39.0 Å². The largest absolute Gasteiger partial charge is 0.490 e. The normalized spacial score (nSPS) is 10.6. The Morgan fingerprint density at radius 3 is 2.44 bits per heavy atom. The fourth-order valence-corrected chi connectivity index (χ4v) is 2.45.